The first kappa shape index (κ1) is 18.4. The highest BCUT2D eigenvalue weighted by atomic mass is 32.1. The highest BCUT2D eigenvalue weighted by Gasteiger charge is 2.30. The smallest absolute Gasteiger partial charge is 0.310 e. The number of benzene rings is 1. The highest BCUT2D eigenvalue weighted by molar-refractivity contribution is 7.13. The minimum absolute atomic E-state index is 0.130. The molecule has 0 aliphatic carbocycles. The molecule has 0 saturated carbocycles. The van der Waals surface area contributed by atoms with Gasteiger partial charge >= 0.3 is 5.97 Å². The number of carbonyl (C=O) groups is 2. The molecule has 0 N–H and O–H groups in total. The molecular formula is C19H22N2O4S. The van der Waals surface area contributed by atoms with Gasteiger partial charge in [0.2, 0.25) is 0 Å². The largest absolute Gasteiger partial charge is 0.497 e. The molecule has 1 aromatic carbocycles. The van der Waals surface area contributed by atoms with Gasteiger partial charge in [-0.2, -0.15) is 0 Å². The average Bonchev–Trinajstić information content (AvgIpc) is 3.18. The van der Waals surface area contributed by atoms with Gasteiger partial charge in [0, 0.05) is 24.0 Å². The van der Waals surface area contributed by atoms with E-state index >= 15 is 0 Å². The fraction of sp³-hybridized carbons (Fsp3) is 0.421. The zero-order valence-corrected chi connectivity index (χ0v) is 15.8. The van der Waals surface area contributed by atoms with Gasteiger partial charge in [0.1, 0.15) is 16.5 Å². The second kappa shape index (κ2) is 8.31. The first-order chi connectivity index (χ1) is 12.6. The Kier molecular flexibility index (Phi) is 5.88. The first-order valence-corrected chi connectivity index (χ1v) is 9.56. The number of nitrogens with zero attached hydrogens (tertiary/aromatic N) is 2. The van der Waals surface area contributed by atoms with E-state index in [1.54, 1.807) is 24.3 Å². The molecule has 2 heterocycles. The summed E-state index contributed by atoms with van der Waals surface area (Å²) in [5.74, 6) is 0.185. The van der Waals surface area contributed by atoms with Gasteiger partial charge in [-0.3, -0.25) is 9.59 Å². The topological polar surface area (TPSA) is 68.7 Å². The maximum atomic E-state index is 12.8. The summed E-state index contributed by atoms with van der Waals surface area (Å²) >= 11 is 1.43. The van der Waals surface area contributed by atoms with Gasteiger partial charge in [-0.15, -0.1) is 11.3 Å². The van der Waals surface area contributed by atoms with E-state index in [2.05, 4.69) is 4.98 Å². The van der Waals surface area contributed by atoms with Crippen molar-refractivity contribution < 1.29 is 19.1 Å². The Balaban J connectivity index is 1.70. The molecule has 1 aliphatic rings. The molecule has 0 bridgehead atoms. The van der Waals surface area contributed by atoms with E-state index in [0.29, 0.717) is 25.4 Å². The Labute approximate surface area is 156 Å². The summed E-state index contributed by atoms with van der Waals surface area (Å²) in [6, 6.07) is 7.58. The monoisotopic (exact) mass is 374 g/mol. The van der Waals surface area contributed by atoms with Crippen molar-refractivity contribution in [2.24, 2.45) is 5.92 Å². The third-order valence-electron chi connectivity index (χ3n) is 4.39. The van der Waals surface area contributed by atoms with Crippen molar-refractivity contribution in [1.82, 2.24) is 9.88 Å². The molecule has 0 spiro atoms. The van der Waals surface area contributed by atoms with Crippen LogP contribution in [0.5, 0.6) is 5.75 Å². The fourth-order valence-corrected chi connectivity index (χ4v) is 3.81. The predicted octanol–water partition coefficient (Wildman–Crippen LogP) is 3.23. The average molecular weight is 374 g/mol. The molecule has 1 amide bonds. The number of esters is 1. The molecule has 1 aromatic heterocycles. The second-order valence-electron chi connectivity index (χ2n) is 6.11. The quantitative estimate of drug-likeness (QED) is 0.752. The van der Waals surface area contributed by atoms with E-state index in [9.17, 15) is 9.59 Å². The lowest BCUT2D eigenvalue weighted by atomic mass is 9.98. The molecule has 2 aromatic rings. The van der Waals surface area contributed by atoms with Crippen molar-refractivity contribution in [3.63, 3.8) is 0 Å². The van der Waals surface area contributed by atoms with E-state index in [1.807, 2.05) is 24.3 Å². The van der Waals surface area contributed by atoms with Crippen LogP contribution in [0.4, 0.5) is 0 Å². The number of hydrogen-bond acceptors (Lipinski definition) is 6. The predicted molar refractivity (Wildman–Crippen MR) is 99.4 cm³/mol. The van der Waals surface area contributed by atoms with Crippen LogP contribution in [-0.4, -0.2) is 48.6 Å². The lowest BCUT2D eigenvalue weighted by Crippen LogP contribution is -2.42. The number of hydrogen-bond donors (Lipinski definition) is 0. The Bertz CT molecular complexity index is 772. The van der Waals surface area contributed by atoms with Crippen molar-refractivity contribution in [2.45, 2.75) is 19.8 Å². The number of aromatic nitrogens is 1. The lowest BCUT2D eigenvalue weighted by molar-refractivity contribution is -0.149. The van der Waals surface area contributed by atoms with Crippen LogP contribution in [0.25, 0.3) is 10.6 Å². The maximum absolute atomic E-state index is 12.8. The van der Waals surface area contributed by atoms with E-state index in [1.165, 1.54) is 11.3 Å². The van der Waals surface area contributed by atoms with Crippen LogP contribution in [0.15, 0.2) is 29.6 Å². The van der Waals surface area contributed by atoms with Crippen LogP contribution in [0.1, 0.15) is 30.3 Å². The number of piperidine rings is 1. The molecule has 1 atom stereocenters. The van der Waals surface area contributed by atoms with Crippen LogP contribution in [0, 0.1) is 5.92 Å². The molecule has 3 rings (SSSR count). The van der Waals surface area contributed by atoms with E-state index in [-0.39, 0.29) is 17.8 Å². The van der Waals surface area contributed by atoms with Gasteiger partial charge in [0.25, 0.3) is 5.91 Å². The molecule has 7 heteroatoms. The number of ether oxygens (including phenoxy) is 2. The van der Waals surface area contributed by atoms with Gasteiger partial charge in [-0.05, 0) is 44.0 Å². The van der Waals surface area contributed by atoms with Crippen LogP contribution >= 0.6 is 11.3 Å². The van der Waals surface area contributed by atoms with Gasteiger partial charge in [0.15, 0.2) is 0 Å². The van der Waals surface area contributed by atoms with E-state index in [0.717, 1.165) is 29.2 Å². The van der Waals surface area contributed by atoms with Crippen molar-refractivity contribution in [2.75, 3.05) is 26.8 Å². The van der Waals surface area contributed by atoms with Gasteiger partial charge in [-0.1, -0.05) is 0 Å². The summed E-state index contributed by atoms with van der Waals surface area (Å²) in [5.41, 5.74) is 1.36. The van der Waals surface area contributed by atoms with Crippen molar-refractivity contribution in [1.29, 1.82) is 0 Å². The maximum Gasteiger partial charge on any atom is 0.310 e. The van der Waals surface area contributed by atoms with Crippen molar-refractivity contribution in [3.05, 3.63) is 35.3 Å². The molecular weight excluding hydrogens is 352 g/mol. The molecule has 26 heavy (non-hydrogen) atoms. The minimum atomic E-state index is -0.243. The summed E-state index contributed by atoms with van der Waals surface area (Å²) < 4.78 is 10.3. The normalized spacial score (nSPS) is 17.0. The molecule has 6 nitrogen and oxygen atoms in total. The van der Waals surface area contributed by atoms with Crippen molar-refractivity contribution in [3.8, 4) is 16.3 Å². The molecule has 1 unspecified atom stereocenters. The van der Waals surface area contributed by atoms with Gasteiger partial charge < -0.3 is 14.4 Å². The van der Waals surface area contributed by atoms with E-state index < -0.39 is 0 Å². The summed E-state index contributed by atoms with van der Waals surface area (Å²) in [7, 11) is 1.62. The summed E-state index contributed by atoms with van der Waals surface area (Å²) in [4.78, 5) is 30.9. The number of amides is 1. The molecule has 1 saturated heterocycles. The number of methoxy groups -OCH3 is 1. The van der Waals surface area contributed by atoms with Crippen molar-refractivity contribution >= 4 is 23.2 Å². The third-order valence-corrected chi connectivity index (χ3v) is 5.28. The highest BCUT2D eigenvalue weighted by Crippen LogP contribution is 2.27. The molecule has 1 aliphatic heterocycles. The molecule has 1 fully saturated rings. The Hall–Kier alpha value is -2.41. The lowest BCUT2D eigenvalue weighted by Gasteiger charge is -2.31. The third kappa shape index (κ3) is 4.04. The van der Waals surface area contributed by atoms with Gasteiger partial charge in [0.05, 0.1) is 19.6 Å². The minimum Gasteiger partial charge on any atom is -0.497 e. The number of rotatable bonds is 5. The molecule has 0 radical (unpaired) electrons. The van der Waals surface area contributed by atoms with Crippen LogP contribution in [0.3, 0.4) is 0 Å². The van der Waals surface area contributed by atoms with Crippen LogP contribution < -0.4 is 4.74 Å². The zero-order valence-electron chi connectivity index (χ0n) is 14.9. The summed E-state index contributed by atoms with van der Waals surface area (Å²) in [6.07, 6.45) is 1.56. The fourth-order valence-electron chi connectivity index (χ4n) is 3.01. The Morgan fingerprint density at radius 2 is 2.08 bits per heavy atom. The Morgan fingerprint density at radius 1 is 1.31 bits per heavy atom. The summed E-state index contributed by atoms with van der Waals surface area (Å²) in [6.45, 7) is 3.19. The van der Waals surface area contributed by atoms with Crippen LogP contribution in [0.2, 0.25) is 0 Å². The van der Waals surface area contributed by atoms with E-state index in [4.69, 9.17) is 9.47 Å². The second-order valence-corrected chi connectivity index (χ2v) is 6.97. The Morgan fingerprint density at radius 3 is 2.77 bits per heavy atom. The SMILES string of the molecule is CCOC(=O)C1CCCN(C(=O)c2csc(-c3ccc(OC)cc3)n2)C1. The number of likely N-dealkylation sites (tertiary alicyclic amines) is 1. The van der Waals surface area contributed by atoms with Crippen LogP contribution in [-0.2, 0) is 9.53 Å². The standard InChI is InChI=1S/C19H22N2O4S/c1-3-25-19(23)14-5-4-10-21(11-14)18(22)16-12-26-17(20-16)13-6-8-15(24-2)9-7-13/h6-9,12,14H,3-5,10-11H2,1-2H3. The number of carbonyl (C=O) groups excluding carboxylic acids is 2. The van der Waals surface area contributed by atoms with Gasteiger partial charge in [-0.25, -0.2) is 4.98 Å². The first-order valence-electron chi connectivity index (χ1n) is 8.68. The zero-order chi connectivity index (χ0) is 18.5. The summed E-state index contributed by atoms with van der Waals surface area (Å²) in [5, 5.41) is 2.56. The molecule has 138 valence electrons. The number of thiazole rings is 1.